The van der Waals surface area contributed by atoms with Crippen LogP contribution < -0.4 is 5.32 Å². The summed E-state index contributed by atoms with van der Waals surface area (Å²) in [5.74, 6) is -0.218. The van der Waals surface area contributed by atoms with Crippen LogP contribution in [-0.2, 0) is 0 Å². The van der Waals surface area contributed by atoms with Gasteiger partial charge in [0.15, 0.2) is 0 Å². The van der Waals surface area contributed by atoms with Crippen molar-refractivity contribution in [3.05, 3.63) is 15.0 Å². The second-order valence-corrected chi connectivity index (χ2v) is 1.41. The average Bonchev–Trinajstić information content (AvgIpc) is 1.99. The molecule has 0 aromatic rings. The SMILES string of the molecule is CN=C(NC)N(N=O)[N+](=O)[O-]. The number of nitro groups is 1. The number of rotatable bonds is 2. The van der Waals surface area contributed by atoms with Crippen LogP contribution in [0.15, 0.2) is 10.3 Å². The molecule has 0 saturated heterocycles. The highest BCUT2D eigenvalue weighted by molar-refractivity contribution is 5.77. The van der Waals surface area contributed by atoms with Crippen molar-refractivity contribution in [3.8, 4) is 0 Å². The highest BCUT2D eigenvalue weighted by Gasteiger charge is 2.21. The summed E-state index contributed by atoms with van der Waals surface area (Å²) >= 11 is 0. The topological polar surface area (TPSA) is 100 Å². The van der Waals surface area contributed by atoms with Crippen LogP contribution in [0.5, 0.6) is 0 Å². The van der Waals surface area contributed by atoms with Gasteiger partial charge in [-0.3, -0.25) is 0 Å². The van der Waals surface area contributed by atoms with Gasteiger partial charge in [-0.05, 0) is 0 Å². The lowest BCUT2D eigenvalue weighted by Crippen LogP contribution is -2.39. The molecule has 0 unspecified atom stereocenters. The number of hydrogen-bond donors (Lipinski definition) is 1. The molecule has 0 saturated carbocycles. The summed E-state index contributed by atoms with van der Waals surface area (Å²) in [5.41, 5.74) is 0. The first-order chi connectivity index (χ1) is 5.17. The van der Waals surface area contributed by atoms with Crippen LogP contribution in [0.3, 0.4) is 0 Å². The molecule has 0 radical (unpaired) electrons. The Morgan fingerprint density at radius 1 is 1.73 bits per heavy atom. The Morgan fingerprint density at radius 2 is 2.27 bits per heavy atom. The molecule has 8 nitrogen and oxygen atoms in total. The maximum atomic E-state index is 10.0. The molecule has 11 heavy (non-hydrogen) atoms. The standard InChI is InChI=1S/C3H7N5O3/c1-4-3(5-2)7(6-9)8(10)11/h1-2H3,(H,4,5). The van der Waals surface area contributed by atoms with E-state index >= 15 is 0 Å². The van der Waals surface area contributed by atoms with Crippen LogP contribution in [0, 0.1) is 15.0 Å². The lowest BCUT2D eigenvalue weighted by molar-refractivity contribution is -0.631. The Labute approximate surface area is 62.0 Å². The third kappa shape index (κ3) is 2.16. The predicted molar refractivity (Wildman–Crippen MR) is 37.0 cm³/mol. The van der Waals surface area contributed by atoms with Crippen LogP contribution in [0.4, 0.5) is 0 Å². The number of nitroso groups, excluding NO2 is 1. The van der Waals surface area contributed by atoms with Crippen molar-refractivity contribution in [3.63, 3.8) is 0 Å². The number of hydrazine groups is 1. The van der Waals surface area contributed by atoms with E-state index in [1.165, 1.54) is 14.1 Å². The van der Waals surface area contributed by atoms with E-state index in [2.05, 4.69) is 15.6 Å². The molecular formula is C3H7N5O3. The van der Waals surface area contributed by atoms with Crippen molar-refractivity contribution in [2.24, 2.45) is 10.3 Å². The van der Waals surface area contributed by atoms with Crippen LogP contribution in [0.25, 0.3) is 0 Å². The fraction of sp³-hybridized carbons (Fsp3) is 0.667. The van der Waals surface area contributed by atoms with Gasteiger partial charge in [0, 0.05) is 19.0 Å². The summed E-state index contributed by atoms with van der Waals surface area (Å²) in [4.78, 5) is 23.2. The molecule has 8 heteroatoms. The Balaban J connectivity index is 4.48. The first kappa shape index (κ1) is 9.27. The van der Waals surface area contributed by atoms with Gasteiger partial charge in [-0.2, -0.15) is 0 Å². The molecule has 0 aliphatic carbocycles. The van der Waals surface area contributed by atoms with E-state index in [0.717, 1.165) is 0 Å². The summed E-state index contributed by atoms with van der Waals surface area (Å²) in [7, 11) is 2.69. The zero-order chi connectivity index (χ0) is 8.85. The predicted octanol–water partition coefficient (Wildman–Crippen LogP) is -0.633. The molecule has 0 fully saturated rings. The molecule has 0 rings (SSSR count). The van der Waals surface area contributed by atoms with E-state index in [1.807, 2.05) is 0 Å². The summed E-state index contributed by atoms with van der Waals surface area (Å²) in [5, 5.41) is 13.5. The van der Waals surface area contributed by atoms with Gasteiger partial charge < -0.3 is 15.4 Å². The van der Waals surface area contributed by atoms with Gasteiger partial charge in [-0.15, -0.1) is 0 Å². The van der Waals surface area contributed by atoms with Gasteiger partial charge >= 0.3 is 5.29 Å². The highest BCUT2D eigenvalue weighted by Crippen LogP contribution is 1.89. The lowest BCUT2D eigenvalue weighted by Gasteiger charge is -2.05. The minimum atomic E-state index is -0.980. The molecule has 0 amide bonds. The quantitative estimate of drug-likeness (QED) is 0.191. The molecule has 0 heterocycles. The van der Waals surface area contributed by atoms with E-state index < -0.39 is 5.03 Å². The molecule has 0 spiro atoms. The van der Waals surface area contributed by atoms with Gasteiger partial charge in [-0.25, -0.2) is 4.99 Å². The molecule has 62 valence electrons. The van der Waals surface area contributed by atoms with Crippen LogP contribution in [-0.4, -0.2) is 30.2 Å². The molecule has 0 aromatic heterocycles. The largest absolute Gasteiger partial charge is 0.353 e. The minimum absolute atomic E-state index is 0. The van der Waals surface area contributed by atoms with Crippen molar-refractivity contribution in [2.45, 2.75) is 0 Å². The summed E-state index contributed by atoms with van der Waals surface area (Å²) in [6, 6.07) is 0. The normalized spacial score (nSPS) is 10.5. The molecule has 1 N–H and O–H groups in total. The highest BCUT2D eigenvalue weighted by atomic mass is 16.7. The van der Waals surface area contributed by atoms with Gasteiger partial charge in [-0.1, -0.05) is 0 Å². The average molecular weight is 161 g/mol. The van der Waals surface area contributed by atoms with Crippen LogP contribution in [0.2, 0.25) is 0 Å². The van der Waals surface area contributed by atoms with Gasteiger partial charge in [0.1, 0.15) is 5.12 Å². The van der Waals surface area contributed by atoms with Crippen molar-refractivity contribution >= 4 is 5.96 Å². The molecule has 0 bridgehead atoms. The van der Waals surface area contributed by atoms with E-state index in [1.54, 1.807) is 0 Å². The Morgan fingerprint density at radius 3 is 2.36 bits per heavy atom. The summed E-state index contributed by atoms with van der Waals surface area (Å²) in [6.07, 6.45) is 0. The van der Waals surface area contributed by atoms with Crippen molar-refractivity contribution in [2.75, 3.05) is 14.1 Å². The number of nitrogens with zero attached hydrogens (tertiary/aromatic N) is 4. The van der Waals surface area contributed by atoms with E-state index in [4.69, 9.17) is 0 Å². The van der Waals surface area contributed by atoms with Crippen molar-refractivity contribution in [1.82, 2.24) is 10.4 Å². The fourth-order valence-electron chi connectivity index (χ4n) is 0.447. The maximum Gasteiger partial charge on any atom is 0.318 e. The third-order valence-corrected chi connectivity index (χ3v) is 0.857. The molecule has 0 aromatic carbocycles. The van der Waals surface area contributed by atoms with E-state index in [0.29, 0.717) is 0 Å². The van der Waals surface area contributed by atoms with Crippen LogP contribution >= 0.6 is 0 Å². The molecule has 0 aliphatic rings. The Bertz CT molecular complexity index is 189. The molecule has 0 aliphatic heterocycles. The van der Waals surface area contributed by atoms with Crippen molar-refractivity contribution < 1.29 is 5.03 Å². The Hall–Kier alpha value is -1.73. The second kappa shape index (κ2) is 4.14. The first-order valence-corrected chi connectivity index (χ1v) is 2.59. The second-order valence-electron chi connectivity index (χ2n) is 1.41. The van der Waals surface area contributed by atoms with Gasteiger partial charge in [0.05, 0.1) is 5.03 Å². The van der Waals surface area contributed by atoms with Gasteiger partial charge in [0.2, 0.25) is 0 Å². The number of hydrogen-bond acceptors (Lipinski definition) is 5. The monoisotopic (exact) mass is 161 g/mol. The third-order valence-electron chi connectivity index (χ3n) is 0.857. The fourth-order valence-corrected chi connectivity index (χ4v) is 0.447. The number of aliphatic imine (C=N–C) groups is 1. The maximum absolute atomic E-state index is 10.0. The summed E-state index contributed by atoms with van der Waals surface area (Å²) < 4.78 is 0. The van der Waals surface area contributed by atoms with Crippen molar-refractivity contribution in [1.29, 1.82) is 0 Å². The number of nitrogens with one attached hydrogen (secondary N) is 1. The zero-order valence-electron chi connectivity index (χ0n) is 6.01. The minimum Gasteiger partial charge on any atom is -0.353 e. The Kier molecular flexibility index (Phi) is 3.49. The number of guanidine groups is 1. The van der Waals surface area contributed by atoms with Crippen LogP contribution in [0.1, 0.15) is 0 Å². The molecular weight excluding hydrogens is 154 g/mol. The van der Waals surface area contributed by atoms with E-state index in [9.17, 15) is 15.0 Å². The first-order valence-electron chi connectivity index (χ1n) is 2.59. The lowest BCUT2D eigenvalue weighted by atomic mass is 10.9. The summed E-state index contributed by atoms with van der Waals surface area (Å²) in [6.45, 7) is 0. The molecule has 0 atom stereocenters. The zero-order valence-corrected chi connectivity index (χ0v) is 6.01. The van der Waals surface area contributed by atoms with Gasteiger partial charge in [0.25, 0.3) is 5.96 Å². The van der Waals surface area contributed by atoms with E-state index in [-0.39, 0.29) is 11.1 Å². The smallest absolute Gasteiger partial charge is 0.318 e.